The molecule has 0 saturated heterocycles. The summed E-state index contributed by atoms with van der Waals surface area (Å²) in [5, 5.41) is 0. The third-order valence-corrected chi connectivity index (χ3v) is 0.408. The minimum absolute atomic E-state index is 0.708. The molecule has 0 radical (unpaired) electrons. The van der Waals surface area contributed by atoms with Crippen molar-refractivity contribution in [1.82, 2.24) is 0 Å². The smallest absolute Gasteiger partial charge is 0.103 e. The lowest BCUT2D eigenvalue weighted by Crippen LogP contribution is -2.48. The Morgan fingerprint density at radius 1 is 1.08 bits per heavy atom. The highest BCUT2D eigenvalue weighted by molar-refractivity contribution is 7.79. The second-order valence-corrected chi connectivity index (χ2v) is 2.21. The van der Waals surface area contributed by atoms with Gasteiger partial charge >= 0.3 is 0 Å². The Kier molecular flexibility index (Phi) is 20.3. The molecule has 13 heavy (non-hydrogen) atoms. The molecule has 0 rings (SSSR count). The zero-order valence-electron chi connectivity index (χ0n) is 7.69. The summed E-state index contributed by atoms with van der Waals surface area (Å²) in [6, 6.07) is 0. The molecule has 0 aromatic heterocycles. The van der Waals surface area contributed by atoms with Crippen molar-refractivity contribution in [3.63, 3.8) is 0 Å². The van der Waals surface area contributed by atoms with Crippen LogP contribution in [0.15, 0.2) is 0 Å². The first kappa shape index (κ1) is 18.5. The summed E-state index contributed by atoms with van der Waals surface area (Å²) in [6.45, 7) is 5.21. The molecule has 0 aliphatic rings. The summed E-state index contributed by atoms with van der Waals surface area (Å²) in [4.78, 5) is 8.58. The van der Waals surface area contributed by atoms with E-state index in [-0.39, 0.29) is 0 Å². The van der Waals surface area contributed by atoms with Gasteiger partial charge in [0.2, 0.25) is 0 Å². The van der Waals surface area contributed by atoms with Gasteiger partial charge < -0.3 is 9.11 Å². The van der Waals surface area contributed by atoms with Crippen molar-refractivity contribution >= 4 is 10.4 Å². The lowest BCUT2D eigenvalue weighted by atomic mass is 10.9. The zero-order valence-corrected chi connectivity index (χ0v) is 8.50. The van der Waals surface area contributed by atoms with Gasteiger partial charge in [-0.2, -0.15) is 0 Å². The molecule has 0 amide bonds. The molecular formula is C4H16N2O6S. The van der Waals surface area contributed by atoms with Crippen molar-refractivity contribution in [3.8, 4) is 0 Å². The van der Waals surface area contributed by atoms with Crippen LogP contribution in [-0.4, -0.2) is 30.7 Å². The molecule has 0 aromatic carbocycles. The minimum atomic E-state index is -5.17. The maximum atomic E-state index is 8.52. The number of rotatable bonds is 2. The van der Waals surface area contributed by atoms with Crippen molar-refractivity contribution in [2.45, 2.75) is 13.8 Å². The number of hydrogen-bond donors (Lipinski definition) is 2. The van der Waals surface area contributed by atoms with E-state index in [4.69, 9.17) is 17.5 Å². The molecule has 0 atom stereocenters. The molecule has 9 heteroatoms. The molecular weight excluding hydrogens is 204 g/mol. The molecule has 0 unspecified atom stereocenters. The molecule has 8 nitrogen and oxygen atoms in total. The Labute approximate surface area is 77.3 Å². The predicted molar refractivity (Wildman–Crippen MR) is 39.5 cm³/mol. The van der Waals surface area contributed by atoms with Crippen molar-refractivity contribution in [3.05, 3.63) is 0 Å². The largest absolute Gasteiger partial charge is 0.759 e. The third-order valence-electron chi connectivity index (χ3n) is 0.408. The molecule has 84 valence electrons. The highest BCUT2D eigenvalue weighted by atomic mass is 32.3. The lowest BCUT2D eigenvalue weighted by molar-refractivity contribution is -0.688. The van der Waals surface area contributed by atoms with Crippen LogP contribution < -0.4 is 11.8 Å². The number of quaternary nitrogens is 2. The number of hydrogen-bond acceptors (Lipinski definition) is 6. The summed E-state index contributed by atoms with van der Waals surface area (Å²) in [7, 11) is -5.17. The van der Waals surface area contributed by atoms with Gasteiger partial charge in [0.25, 0.3) is 0 Å². The Morgan fingerprint density at radius 2 is 1.15 bits per heavy atom. The zero-order chi connectivity index (χ0) is 11.3. The van der Waals surface area contributed by atoms with Gasteiger partial charge in [-0.3, -0.25) is 8.42 Å². The van der Waals surface area contributed by atoms with Gasteiger partial charge in [0.15, 0.2) is 0 Å². The minimum Gasteiger partial charge on any atom is -0.759 e. The van der Waals surface area contributed by atoms with Crippen molar-refractivity contribution in [2.24, 2.45) is 0 Å². The van der Waals surface area contributed by atoms with Gasteiger partial charge in [0.05, 0.1) is 0 Å². The van der Waals surface area contributed by atoms with E-state index in [0.717, 1.165) is 0 Å². The van der Waals surface area contributed by atoms with E-state index < -0.39 is 10.4 Å². The fourth-order valence-corrected chi connectivity index (χ4v) is 0. The highest BCUT2D eigenvalue weighted by Gasteiger charge is 1.57. The quantitative estimate of drug-likeness (QED) is 0.287. The fraction of sp³-hybridized carbons (Fsp3) is 1.00. The first-order valence-corrected chi connectivity index (χ1v) is 4.57. The monoisotopic (exact) mass is 220 g/mol. The summed E-state index contributed by atoms with van der Waals surface area (Å²) < 4.78 is 34.1. The normalized spacial score (nSPS) is 9.08. The molecule has 0 bridgehead atoms. The fourth-order valence-electron chi connectivity index (χ4n) is 0. The van der Waals surface area contributed by atoms with E-state index in [9.17, 15) is 0 Å². The molecule has 0 aliphatic carbocycles. The lowest BCUT2D eigenvalue weighted by Gasteiger charge is -2.06. The molecule has 0 aromatic rings. The highest BCUT2D eigenvalue weighted by Crippen LogP contribution is 1.57. The van der Waals surface area contributed by atoms with Gasteiger partial charge in [-0.15, -0.1) is 0 Å². The third kappa shape index (κ3) is 378. The average Bonchev–Trinajstić information content (AvgIpc) is 2.01. The first-order valence-electron chi connectivity index (χ1n) is 3.24. The van der Waals surface area contributed by atoms with E-state index in [2.05, 4.69) is 21.5 Å². The van der Waals surface area contributed by atoms with Gasteiger partial charge in [0.1, 0.15) is 13.2 Å². The van der Waals surface area contributed by atoms with Crippen LogP contribution in [0.3, 0.4) is 0 Å². The summed E-state index contributed by atoms with van der Waals surface area (Å²) >= 11 is 0. The van der Waals surface area contributed by atoms with E-state index in [1.165, 1.54) is 0 Å². The van der Waals surface area contributed by atoms with E-state index in [1.54, 1.807) is 0 Å². The van der Waals surface area contributed by atoms with Gasteiger partial charge in [-0.05, 0) is 13.8 Å². The van der Waals surface area contributed by atoms with Crippen molar-refractivity contribution in [2.75, 3.05) is 13.2 Å². The van der Waals surface area contributed by atoms with Crippen LogP contribution in [-0.2, 0) is 20.1 Å². The van der Waals surface area contributed by atoms with Crippen LogP contribution in [0.5, 0.6) is 0 Å². The van der Waals surface area contributed by atoms with Crippen molar-refractivity contribution < 1.29 is 39.0 Å². The standard InChI is InChI=1S/2C2H8NO.H2O4S/c2*1-2-4-3;1-5(2,3)4/h2*2H2,1,3H3;(H2,1,2,3,4)/q2*+1;/p-2. The van der Waals surface area contributed by atoms with Crippen LogP contribution in [0.4, 0.5) is 0 Å². The molecule has 0 spiro atoms. The molecule has 0 fully saturated rings. The second kappa shape index (κ2) is 14.2. The van der Waals surface area contributed by atoms with Crippen LogP contribution in [0.1, 0.15) is 13.8 Å². The van der Waals surface area contributed by atoms with Crippen LogP contribution in [0.2, 0.25) is 0 Å². The summed E-state index contributed by atoms with van der Waals surface area (Å²) in [6.07, 6.45) is 0. The predicted octanol–water partition coefficient (Wildman–Crippen LogP) is -2.98. The van der Waals surface area contributed by atoms with Crippen LogP contribution >= 0.6 is 0 Å². The van der Waals surface area contributed by atoms with Crippen LogP contribution in [0, 0.1) is 0 Å². The molecule has 6 N–H and O–H groups in total. The van der Waals surface area contributed by atoms with E-state index >= 15 is 0 Å². The van der Waals surface area contributed by atoms with Gasteiger partial charge in [-0.25, -0.2) is 21.5 Å². The van der Waals surface area contributed by atoms with Gasteiger partial charge in [0, 0.05) is 10.4 Å². The molecule has 0 aliphatic heterocycles. The first-order chi connectivity index (χ1) is 5.83. The maximum absolute atomic E-state index is 8.52. The molecule has 0 saturated carbocycles. The second-order valence-electron chi connectivity index (χ2n) is 1.39. The molecule has 0 heterocycles. The topological polar surface area (TPSA) is 154 Å². The van der Waals surface area contributed by atoms with Crippen LogP contribution in [0.25, 0.3) is 0 Å². The summed E-state index contributed by atoms with van der Waals surface area (Å²) in [5.74, 6) is 6.21. The average molecular weight is 220 g/mol. The van der Waals surface area contributed by atoms with Crippen molar-refractivity contribution in [1.29, 1.82) is 0 Å². The Hall–Kier alpha value is -0.290. The Morgan fingerprint density at radius 3 is 1.15 bits per heavy atom. The summed E-state index contributed by atoms with van der Waals surface area (Å²) in [5.41, 5.74) is 0. The maximum Gasteiger partial charge on any atom is 0.103 e. The van der Waals surface area contributed by atoms with Gasteiger partial charge in [-0.1, -0.05) is 0 Å². The Balaban J connectivity index is -0.000000117. The SMILES string of the molecule is CCO[NH3+].CCO[NH3+].O=S(=O)([O-])[O-]. The Bertz CT molecular complexity index is 142. The van der Waals surface area contributed by atoms with E-state index in [1.807, 2.05) is 13.8 Å². The van der Waals surface area contributed by atoms with E-state index in [0.29, 0.717) is 13.2 Å².